The van der Waals surface area contributed by atoms with Crippen molar-refractivity contribution in [1.29, 1.82) is 0 Å². The summed E-state index contributed by atoms with van der Waals surface area (Å²) in [5.41, 5.74) is 9.06. The minimum Gasteiger partial charge on any atom is -0.493 e. The van der Waals surface area contributed by atoms with E-state index >= 15 is 0 Å². The lowest BCUT2D eigenvalue weighted by Gasteiger charge is -2.22. The predicted octanol–water partition coefficient (Wildman–Crippen LogP) is 6.98. The number of rotatable bonds is 8. The lowest BCUT2D eigenvalue weighted by Crippen LogP contribution is -2.37. The first-order valence-electron chi connectivity index (χ1n) is 14.9. The molecule has 7 rings (SSSR count). The number of unbranched alkanes of at least 4 members (excludes halogenated alkanes) is 1. The fourth-order valence-corrected chi connectivity index (χ4v) is 6.45. The molecule has 4 aromatic rings. The maximum atomic E-state index is 13.5. The monoisotopic (exact) mass is 571 g/mol. The molecule has 1 atom stereocenters. The Morgan fingerprint density at radius 3 is 2.44 bits per heavy atom. The van der Waals surface area contributed by atoms with Crippen LogP contribution < -0.4 is 15.0 Å². The van der Waals surface area contributed by atoms with Gasteiger partial charge in [-0.1, -0.05) is 66.7 Å². The molecule has 1 aliphatic carbocycles. The summed E-state index contributed by atoms with van der Waals surface area (Å²) >= 11 is 0. The van der Waals surface area contributed by atoms with Gasteiger partial charge in [0.1, 0.15) is 12.4 Å². The Hall–Kier alpha value is -4.91. The van der Waals surface area contributed by atoms with Gasteiger partial charge in [0.25, 0.3) is 5.91 Å². The predicted molar refractivity (Wildman–Crippen MR) is 168 cm³/mol. The SMILES string of the molecule is Cc1cc2c(cc1OCCCCNC(=O)OCC1c3ccccc3-c3ccccc31)N=C[C@@H]1Cc3ccccc3N1C2=O. The van der Waals surface area contributed by atoms with Crippen molar-refractivity contribution in [2.45, 2.75) is 38.1 Å². The molecule has 0 saturated heterocycles. The summed E-state index contributed by atoms with van der Waals surface area (Å²) in [6.45, 7) is 3.24. The molecule has 0 saturated carbocycles. The van der Waals surface area contributed by atoms with Gasteiger partial charge in [-0.05, 0) is 65.3 Å². The Morgan fingerprint density at radius 2 is 1.65 bits per heavy atom. The highest BCUT2D eigenvalue weighted by Crippen LogP contribution is 2.44. The molecule has 0 fully saturated rings. The molecule has 1 N–H and O–H groups in total. The van der Waals surface area contributed by atoms with Gasteiger partial charge in [-0.3, -0.25) is 14.7 Å². The third-order valence-electron chi connectivity index (χ3n) is 8.58. The van der Waals surface area contributed by atoms with Crippen LogP contribution in [0.2, 0.25) is 0 Å². The molecule has 43 heavy (non-hydrogen) atoms. The highest BCUT2D eigenvalue weighted by Gasteiger charge is 2.36. The van der Waals surface area contributed by atoms with E-state index in [-0.39, 0.29) is 17.9 Å². The molecule has 7 heteroatoms. The Bertz CT molecular complexity index is 1700. The average Bonchev–Trinajstić information content (AvgIpc) is 3.52. The van der Waals surface area contributed by atoms with E-state index in [0.717, 1.165) is 36.3 Å². The molecule has 3 aliphatic rings. The summed E-state index contributed by atoms with van der Waals surface area (Å²) in [7, 11) is 0. The van der Waals surface area contributed by atoms with Gasteiger partial charge in [0, 0.05) is 36.9 Å². The number of ether oxygens (including phenoxy) is 2. The number of fused-ring (bicyclic) bond motifs is 7. The number of anilines is 1. The molecule has 2 aliphatic heterocycles. The first kappa shape index (κ1) is 27.0. The number of hydrogen-bond donors (Lipinski definition) is 1. The van der Waals surface area contributed by atoms with Gasteiger partial charge in [0.05, 0.1) is 23.9 Å². The maximum absolute atomic E-state index is 13.5. The van der Waals surface area contributed by atoms with E-state index in [4.69, 9.17) is 9.47 Å². The van der Waals surface area contributed by atoms with Crippen LogP contribution in [0.25, 0.3) is 11.1 Å². The van der Waals surface area contributed by atoms with Gasteiger partial charge in [-0.15, -0.1) is 0 Å². The van der Waals surface area contributed by atoms with Gasteiger partial charge in [-0.25, -0.2) is 4.79 Å². The van der Waals surface area contributed by atoms with E-state index in [1.54, 1.807) is 0 Å². The molecule has 216 valence electrons. The lowest BCUT2D eigenvalue weighted by atomic mass is 9.98. The Kier molecular flexibility index (Phi) is 7.15. The number of hydrogen-bond acceptors (Lipinski definition) is 5. The standard InChI is InChI=1S/C36H33N3O4/c1-23-18-30-32(38-21-25-19-24-10-2-7-15-33(24)39(25)35(30)40)20-34(23)42-17-9-8-16-37-36(41)43-22-31-28-13-5-3-11-26(28)27-12-4-6-14-29(27)31/h2-7,10-15,18,20-21,25,31H,8-9,16-17,19,22H2,1H3,(H,37,41)/t25-/m0/s1. The number of aliphatic imine (C=N–C) groups is 1. The second-order valence-corrected chi connectivity index (χ2v) is 11.3. The fourth-order valence-electron chi connectivity index (χ4n) is 6.45. The zero-order chi connectivity index (χ0) is 29.3. The summed E-state index contributed by atoms with van der Waals surface area (Å²) in [5, 5.41) is 2.87. The van der Waals surface area contributed by atoms with Crippen molar-refractivity contribution in [2.75, 3.05) is 24.7 Å². The van der Waals surface area contributed by atoms with Gasteiger partial charge in [-0.2, -0.15) is 0 Å². The number of nitrogens with zero attached hydrogens (tertiary/aromatic N) is 2. The van der Waals surface area contributed by atoms with E-state index in [9.17, 15) is 9.59 Å². The van der Waals surface area contributed by atoms with Crippen LogP contribution in [0.4, 0.5) is 16.2 Å². The molecule has 0 radical (unpaired) electrons. The quantitative estimate of drug-likeness (QED) is 0.232. The maximum Gasteiger partial charge on any atom is 0.407 e. The van der Waals surface area contributed by atoms with Gasteiger partial charge >= 0.3 is 6.09 Å². The van der Waals surface area contributed by atoms with E-state index in [1.807, 2.05) is 72.6 Å². The van der Waals surface area contributed by atoms with E-state index < -0.39 is 6.09 Å². The van der Waals surface area contributed by atoms with Crippen molar-refractivity contribution >= 4 is 29.6 Å². The van der Waals surface area contributed by atoms with Crippen LogP contribution in [-0.2, 0) is 11.2 Å². The van der Waals surface area contributed by atoms with E-state index in [2.05, 4.69) is 40.6 Å². The molecule has 0 unspecified atom stereocenters. The van der Waals surface area contributed by atoms with Crippen molar-refractivity contribution in [3.8, 4) is 16.9 Å². The number of carbonyl (C=O) groups excluding carboxylic acids is 2. The smallest absolute Gasteiger partial charge is 0.407 e. The van der Waals surface area contributed by atoms with E-state index in [0.29, 0.717) is 31.0 Å². The van der Waals surface area contributed by atoms with Crippen LogP contribution in [-0.4, -0.2) is 44.0 Å². The van der Waals surface area contributed by atoms with Crippen LogP contribution in [0.15, 0.2) is 89.9 Å². The third-order valence-corrected chi connectivity index (χ3v) is 8.58. The number of aryl methyl sites for hydroxylation is 1. The molecular weight excluding hydrogens is 538 g/mol. The van der Waals surface area contributed by atoms with Gasteiger partial charge < -0.3 is 14.8 Å². The average molecular weight is 572 g/mol. The zero-order valence-electron chi connectivity index (χ0n) is 24.1. The van der Waals surface area contributed by atoms with Crippen molar-refractivity contribution in [3.05, 3.63) is 113 Å². The number of alkyl carbamates (subject to hydrolysis) is 1. The molecule has 4 aromatic carbocycles. The molecular formula is C36H33N3O4. The zero-order valence-corrected chi connectivity index (χ0v) is 24.1. The van der Waals surface area contributed by atoms with Crippen LogP contribution in [0, 0.1) is 6.92 Å². The summed E-state index contributed by atoms with van der Waals surface area (Å²) < 4.78 is 11.7. The van der Waals surface area contributed by atoms with Crippen LogP contribution in [0.1, 0.15) is 51.4 Å². The van der Waals surface area contributed by atoms with Crippen LogP contribution in [0.5, 0.6) is 5.75 Å². The number of carbonyl (C=O) groups is 2. The minimum absolute atomic E-state index is 0.0311. The second-order valence-electron chi connectivity index (χ2n) is 11.3. The Balaban J connectivity index is 0.888. The van der Waals surface area contributed by atoms with Crippen LogP contribution in [0.3, 0.4) is 0 Å². The summed E-state index contributed by atoms with van der Waals surface area (Å²) in [6, 6.07) is 28.3. The van der Waals surface area contributed by atoms with Crippen LogP contribution >= 0.6 is 0 Å². The van der Waals surface area contributed by atoms with Crippen molar-refractivity contribution in [2.24, 2.45) is 4.99 Å². The second kappa shape index (κ2) is 11.4. The van der Waals surface area contributed by atoms with Crippen molar-refractivity contribution in [1.82, 2.24) is 5.32 Å². The topological polar surface area (TPSA) is 80.2 Å². The lowest BCUT2D eigenvalue weighted by molar-refractivity contribution is 0.0987. The molecule has 7 nitrogen and oxygen atoms in total. The molecule has 0 spiro atoms. The Morgan fingerprint density at radius 1 is 0.930 bits per heavy atom. The Labute approximate surface area is 251 Å². The number of benzene rings is 4. The molecule has 2 heterocycles. The highest BCUT2D eigenvalue weighted by atomic mass is 16.5. The molecule has 0 bridgehead atoms. The molecule has 0 aromatic heterocycles. The summed E-state index contributed by atoms with van der Waals surface area (Å²) in [4.78, 5) is 32.5. The molecule has 2 amide bonds. The first-order chi connectivity index (χ1) is 21.1. The largest absolute Gasteiger partial charge is 0.493 e. The van der Waals surface area contributed by atoms with E-state index in [1.165, 1.54) is 27.8 Å². The van der Waals surface area contributed by atoms with Crippen molar-refractivity contribution < 1.29 is 19.1 Å². The number of amides is 2. The summed E-state index contributed by atoms with van der Waals surface area (Å²) in [6.07, 6.45) is 3.74. The fraction of sp³-hybridized carbons (Fsp3) is 0.250. The van der Waals surface area contributed by atoms with Gasteiger partial charge in [0.2, 0.25) is 0 Å². The highest BCUT2D eigenvalue weighted by molar-refractivity contribution is 6.14. The number of nitrogens with one attached hydrogen (secondary N) is 1. The third kappa shape index (κ3) is 5.05. The normalized spacial score (nSPS) is 16.1. The first-order valence-corrected chi connectivity index (χ1v) is 14.9. The minimum atomic E-state index is -0.407. The van der Waals surface area contributed by atoms with Gasteiger partial charge in [0.15, 0.2) is 0 Å². The number of para-hydroxylation sites is 1. The van der Waals surface area contributed by atoms with Crippen molar-refractivity contribution in [3.63, 3.8) is 0 Å². The summed E-state index contributed by atoms with van der Waals surface area (Å²) in [5.74, 6) is 0.731.